The molecule has 1 saturated carbocycles. The molecule has 4 nitrogen and oxygen atoms in total. The summed E-state index contributed by atoms with van der Waals surface area (Å²) in [6.45, 7) is 4.42. The second-order valence-electron chi connectivity index (χ2n) is 8.04. The third-order valence-electron chi connectivity index (χ3n) is 6.47. The molecular weight excluding hydrogens is 336 g/mol. The minimum atomic E-state index is 0.277. The molecule has 1 atom stereocenters. The molecule has 0 aromatic heterocycles. The molecule has 146 valence electrons. The fourth-order valence-corrected chi connectivity index (χ4v) is 5.09. The van der Waals surface area contributed by atoms with E-state index in [9.17, 15) is 5.11 Å². The van der Waals surface area contributed by atoms with Gasteiger partial charge in [-0.25, -0.2) is 0 Å². The Kier molecular flexibility index (Phi) is 5.96. The van der Waals surface area contributed by atoms with Gasteiger partial charge in [-0.2, -0.15) is 0 Å². The first-order valence-corrected chi connectivity index (χ1v) is 10.4. The largest absolute Gasteiger partial charge is 0.496 e. The van der Waals surface area contributed by atoms with E-state index in [0.717, 1.165) is 44.4 Å². The van der Waals surface area contributed by atoms with Crippen LogP contribution in [-0.2, 0) is 6.54 Å². The summed E-state index contributed by atoms with van der Waals surface area (Å²) in [6.07, 6.45) is 6.27. The zero-order chi connectivity index (χ0) is 18.6. The van der Waals surface area contributed by atoms with Gasteiger partial charge in [0.05, 0.1) is 7.11 Å². The summed E-state index contributed by atoms with van der Waals surface area (Å²) < 4.78 is 5.69. The highest BCUT2D eigenvalue weighted by molar-refractivity contribution is 5.87. The number of piperazine rings is 1. The minimum absolute atomic E-state index is 0.277. The Labute approximate surface area is 162 Å². The van der Waals surface area contributed by atoms with E-state index in [-0.39, 0.29) is 6.61 Å². The van der Waals surface area contributed by atoms with Crippen LogP contribution in [0.15, 0.2) is 36.4 Å². The average molecular weight is 369 g/mol. The number of rotatable bonds is 6. The third kappa shape index (κ3) is 3.98. The third-order valence-corrected chi connectivity index (χ3v) is 6.47. The minimum Gasteiger partial charge on any atom is -0.496 e. The number of fused-ring (bicyclic) bond motifs is 1. The Balaban J connectivity index is 1.54. The number of benzene rings is 2. The van der Waals surface area contributed by atoms with Gasteiger partial charge in [-0.1, -0.05) is 43.2 Å². The number of ether oxygens (including phenoxy) is 1. The SMILES string of the molecule is COc1ccc2ccccc2c1CN1CCN(C2CCCC2)[C@@H](CCO)C1. The average Bonchev–Trinajstić information content (AvgIpc) is 3.23. The van der Waals surface area contributed by atoms with Crippen molar-refractivity contribution in [2.75, 3.05) is 33.4 Å². The number of nitrogens with zero attached hydrogens (tertiary/aromatic N) is 2. The van der Waals surface area contributed by atoms with Crippen LogP contribution in [0.2, 0.25) is 0 Å². The van der Waals surface area contributed by atoms with Gasteiger partial charge in [-0.05, 0) is 36.1 Å². The van der Waals surface area contributed by atoms with Crippen LogP contribution < -0.4 is 4.74 Å². The van der Waals surface area contributed by atoms with Crippen molar-refractivity contribution >= 4 is 10.8 Å². The summed E-state index contributed by atoms with van der Waals surface area (Å²) in [7, 11) is 1.76. The maximum Gasteiger partial charge on any atom is 0.123 e. The fraction of sp³-hybridized carbons (Fsp3) is 0.565. The summed E-state index contributed by atoms with van der Waals surface area (Å²) in [4.78, 5) is 5.25. The molecule has 2 aromatic carbocycles. The lowest BCUT2D eigenvalue weighted by Gasteiger charge is -2.44. The Morgan fingerprint density at radius 1 is 1.07 bits per heavy atom. The van der Waals surface area contributed by atoms with Crippen LogP contribution in [0, 0.1) is 0 Å². The topological polar surface area (TPSA) is 35.9 Å². The molecule has 0 unspecified atom stereocenters. The van der Waals surface area contributed by atoms with Crippen molar-refractivity contribution < 1.29 is 9.84 Å². The Morgan fingerprint density at radius 2 is 1.89 bits per heavy atom. The molecule has 1 aliphatic heterocycles. The van der Waals surface area contributed by atoms with Crippen molar-refractivity contribution in [3.63, 3.8) is 0 Å². The standard InChI is InChI=1S/C23H32N2O2/c1-27-23-11-10-18-6-2-5-9-21(18)22(23)17-24-13-14-25(19-7-3-4-8-19)20(16-24)12-15-26/h2,5-6,9-11,19-20,26H,3-4,7-8,12-17H2,1H3/t20-/m0/s1. The zero-order valence-electron chi connectivity index (χ0n) is 16.4. The van der Waals surface area contributed by atoms with E-state index < -0.39 is 0 Å². The summed E-state index contributed by atoms with van der Waals surface area (Å²) in [6, 6.07) is 14.0. The van der Waals surface area contributed by atoms with Gasteiger partial charge in [0.1, 0.15) is 5.75 Å². The molecule has 2 aliphatic rings. The summed E-state index contributed by atoms with van der Waals surface area (Å²) in [5, 5.41) is 12.2. The summed E-state index contributed by atoms with van der Waals surface area (Å²) in [5.41, 5.74) is 1.28. The Morgan fingerprint density at radius 3 is 2.67 bits per heavy atom. The molecule has 4 heteroatoms. The second-order valence-corrected chi connectivity index (χ2v) is 8.04. The monoisotopic (exact) mass is 368 g/mol. The van der Waals surface area contributed by atoms with E-state index >= 15 is 0 Å². The molecule has 2 aromatic rings. The van der Waals surface area contributed by atoms with Crippen LogP contribution in [0.4, 0.5) is 0 Å². The molecule has 1 aliphatic carbocycles. The van der Waals surface area contributed by atoms with Crippen LogP contribution in [0.25, 0.3) is 10.8 Å². The van der Waals surface area contributed by atoms with E-state index in [2.05, 4.69) is 46.2 Å². The highest BCUT2D eigenvalue weighted by Crippen LogP contribution is 2.32. The number of aliphatic hydroxyl groups excluding tert-OH is 1. The molecule has 1 N–H and O–H groups in total. The van der Waals surface area contributed by atoms with E-state index in [4.69, 9.17) is 4.74 Å². The maximum atomic E-state index is 9.61. The van der Waals surface area contributed by atoms with Crippen LogP contribution >= 0.6 is 0 Å². The van der Waals surface area contributed by atoms with Crippen molar-refractivity contribution in [2.24, 2.45) is 0 Å². The summed E-state index contributed by atoms with van der Waals surface area (Å²) in [5.74, 6) is 0.977. The normalized spacial score (nSPS) is 22.5. The molecule has 0 radical (unpaired) electrons. The molecule has 4 rings (SSSR count). The van der Waals surface area contributed by atoms with E-state index in [0.29, 0.717) is 6.04 Å². The lowest BCUT2D eigenvalue weighted by molar-refractivity contribution is 0.0266. The van der Waals surface area contributed by atoms with Crippen LogP contribution in [0.3, 0.4) is 0 Å². The van der Waals surface area contributed by atoms with Gasteiger partial charge in [0, 0.05) is 50.4 Å². The molecular formula is C23H32N2O2. The zero-order valence-corrected chi connectivity index (χ0v) is 16.4. The fourth-order valence-electron chi connectivity index (χ4n) is 5.09. The Bertz CT molecular complexity index is 757. The first-order valence-electron chi connectivity index (χ1n) is 10.4. The summed E-state index contributed by atoms with van der Waals surface area (Å²) >= 11 is 0. The van der Waals surface area contributed by atoms with Gasteiger partial charge >= 0.3 is 0 Å². The quantitative estimate of drug-likeness (QED) is 0.844. The molecule has 0 amide bonds. The first-order chi connectivity index (χ1) is 13.3. The maximum absolute atomic E-state index is 9.61. The first kappa shape index (κ1) is 18.7. The molecule has 1 saturated heterocycles. The van der Waals surface area contributed by atoms with Crippen LogP contribution in [0.5, 0.6) is 5.75 Å². The van der Waals surface area contributed by atoms with Gasteiger partial charge < -0.3 is 9.84 Å². The highest BCUT2D eigenvalue weighted by atomic mass is 16.5. The number of aliphatic hydroxyl groups is 1. The smallest absolute Gasteiger partial charge is 0.123 e. The molecule has 27 heavy (non-hydrogen) atoms. The van der Waals surface area contributed by atoms with Gasteiger partial charge in [0.25, 0.3) is 0 Å². The number of methoxy groups -OCH3 is 1. The van der Waals surface area contributed by atoms with Crippen molar-refractivity contribution in [2.45, 2.75) is 50.7 Å². The van der Waals surface area contributed by atoms with Crippen molar-refractivity contribution in [3.8, 4) is 5.75 Å². The van der Waals surface area contributed by atoms with E-state index in [1.165, 1.54) is 42.0 Å². The molecule has 0 bridgehead atoms. The molecule has 2 fully saturated rings. The lowest BCUT2D eigenvalue weighted by Crippen LogP contribution is -2.56. The second kappa shape index (κ2) is 8.59. The van der Waals surface area contributed by atoms with Gasteiger partial charge in [0.15, 0.2) is 0 Å². The predicted octanol–water partition coefficient (Wildman–Crippen LogP) is 3.66. The predicted molar refractivity (Wildman–Crippen MR) is 110 cm³/mol. The van der Waals surface area contributed by atoms with Gasteiger partial charge in [0.2, 0.25) is 0 Å². The molecule has 0 spiro atoms. The highest BCUT2D eigenvalue weighted by Gasteiger charge is 2.33. The van der Waals surface area contributed by atoms with Crippen LogP contribution in [-0.4, -0.2) is 60.3 Å². The van der Waals surface area contributed by atoms with Gasteiger partial charge in [-0.3, -0.25) is 9.80 Å². The number of hydrogen-bond acceptors (Lipinski definition) is 4. The Hall–Kier alpha value is -1.62. The van der Waals surface area contributed by atoms with Crippen molar-refractivity contribution in [1.29, 1.82) is 0 Å². The number of hydrogen-bond donors (Lipinski definition) is 1. The lowest BCUT2D eigenvalue weighted by atomic mass is 10.0. The van der Waals surface area contributed by atoms with Crippen molar-refractivity contribution in [1.82, 2.24) is 9.80 Å². The van der Waals surface area contributed by atoms with E-state index in [1.54, 1.807) is 7.11 Å². The van der Waals surface area contributed by atoms with Crippen LogP contribution in [0.1, 0.15) is 37.7 Å². The van der Waals surface area contributed by atoms with Crippen molar-refractivity contribution in [3.05, 3.63) is 42.0 Å². The van der Waals surface area contributed by atoms with Gasteiger partial charge in [-0.15, -0.1) is 0 Å². The van der Waals surface area contributed by atoms with E-state index in [1.807, 2.05) is 0 Å². The molecule has 1 heterocycles.